The minimum absolute atomic E-state index is 0.0344. The van der Waals surface area contributed by atoms with Crippen LogP contribution in [0.3, 0.4) is 0 Å². The normalized spacial score (nSPS) is 26.1. The summed E-state index contributed by atoms with van der Waals surface area (Å²) in [5.74, 6) is 0.178. The largest absolute Gasteiger partial charge is 0.453 e. The number of fused-ring (bicyclic) bond motifs is 1. The van der Waals surface area contributed by atoms with E-state index in [1.54, 1.807) is 4.90 Å². The highest BCUT2D eigenvalue weighted by Crippen LogP contribution is 2.32. The summed E-state index contributed by atoms with van der Waals surface area (Å²) in [6.45, 7) is 1.18. The molecule has 0 aromatic rings. The molecule has 18 heavy (non-hydrogen) atoms. The van der Waals surface area contributed by atoms with Gasteiger partial charge in [-0.15, -0.1) is 0 Å². The Labute approximate surface area is 106 Å². The highest BCUT2D eigenvalue weighted by atomic mass is 16.5. The van der Waals surface area contributed by atoms with Gasteiger partial charge < -0.3 is 19.7 Å². The molecule has 1 aliphatic carbocycles. The number of alkyl carbamates (subject to hydrolysis) is 1. The van der Waals surface area contributed by atoms with Gasteiger partial charge in [0, 0.05) is 25.0 Å². The van der Waals surface area contributed by atoms with Crippen LogP contribution >= 0.6 is 0 Å². The Kier molecular flexibility index (Phi) is 3.74. The molecule has 2 amide bonds. The topological polar surface area (TPSA) is 67.9 Å². The summed E-state index contributed by atoms with van der Waals surface area (Å²) in [7, 11) is 2.73. The number of hydrogen-bond donors (Lipinski definition) is 1. The number of nitrogens with zero attached hydrogens (tertiary/aromatic N) is 1. The second-order valence-corrected chi connectivity index (χ2v) is 4.56. The van der Waals surface area contributed by atoms with E-state index in [0.29, 0.717) is 13.1 Å². The van der Waals surface area contributed by atoms with Gasteiger partial charge in [0.25, 0.3) is 0 Å². The van der Waals surface area contributed by atoms with Crippen molar-refractivity contribution in [3.8, 4) is 0 Å². The molecule has 0 aromatic heterocycles. The highest BCUT2D eigenvalue weighted by molar-refractivity contribution is 5.69. The molecule has 0 radical (unpaired) electrons. The van der Waals surface area contributed by atoms with Crippen molar-refractivity contribution in [3.63, 3.8) is 0 Å². The van der Waals surface area contributed by atoms with Crippen LogP contribution < -0.4 is 5.32 Å². The van der Waals surface area contributed by atoms with Gasteiger partial charge in [0.05, 0.1) is 14.2 Å². The van der Waals surface area contributed by atoms with Crippen LogP contribution in [-0.4, -0.2) is 50.4 Å². The number of carbonyl (C=O) groups is 2. The van der Waals surface area contributed by atoms with Crippen molar-refractivity contribution in [2.24, 2.45) is 5.92 Å². The summed E-state index contributed by atoms with van der Waals surface area (Å²) in [5, 5.41) is 2.84. The molecule has 1 fully saturated rings. The minimum atomic E-state index is -0.419. The zero-order valence-corrected chi connectivity index (χ0v) is 10.6. The summed E-state index contributed by atoms with van der Waals surface area (Å²) >= 11 is 0. The Morgan fingerprint density at radius 1 is 1.39 bits per heavy atom. The van der Waals surface area contributed by atoms with Crippen LogP contribution in [0, 0.1) is 5.92 Å². The van der Waals surface area contributed by atoms with Crippen LogP contribution in [0.25, 0.3) is 0 Å². The third kappa shape index (κ3) is 2.42. The monoisotopic (exact) mass is 254 g/mol. The molecule has 0 spiro atoms. The van der Waals surface area contributed by atoms with Crippen molar-refractivity contribution in [2.45, 2.75) is 18.9 Å². The Bertz CT molecular complexity index is 380. The average molecular weight is 254 g/mol. The van der Waals surface area contributed by atoms with Crippen LogP contribution in [0.15, 0.2) is 11.6 Å². The fraction of sp³-hybridized carbons (Fsp3) is 0.667. The maximum atomic E-state index is 11.5. The van der Waals surface area contributed by atoms with Gasteiger partial charge in [-0.3, -0.25) is 0 Å². The van der Waals surface area contributed by atoms with Crippen molar-refractivity contribution >= 4 is 12.2 Å². The van der Waals surface area contributed by atoms with E-state index in [0.717, 1.165) is 12.8 Å². The van der Waals surface area contributed by atoms with Gasteiger partial charge in [-0.05, 0) is 18.4 Å². The Morgan fingerprint density at radius 2 is 2.17 bits per heavy atom. The van der Waals surface area contributed by atoms with Gasteiger partial charge in [0.2, 0.25) is 0 Å². The van der Waals surface area contributed by atoms with Gasteiger partial charge in [-0.1, -0.05) is 6.08 Å². The van der Waals surface area contributed by atoms with Crippen LogP contribution in [-0.2, 0) is 9.47 Å². The molecule has 0 bridgehead atoms. The smallest absolute Gasteiger partial charge is 0.409 e. The predicted octanol–water partition coefficient (Wildman–Crippen LogP) is 1.13. The second kappa shape index (κ2) is 5.29. The predicted molar refractivity (Wildman–Crippen MR) is 64.1 cm³/mol. The quantitative estimate of drug-likeness (QED) is 0.712. The molecule has 1 saturated heterocycles. The number of nitrogens with one attached hydrogen (secondary N) is 1. The molecule has 2 aliphatic rings. The van der Waals surface area contributed by atoms with Crippen LogP contribution in [0.5, 0.6) is 0 Å². The van der Waals surface area contributed by atoms with E-state index in [1.807, 2.05) is 0 Å². The second-order valence-electron chi connectivity index (χ2n) is 4.56. The highest BCUT2D eigenvalue weighted by Gasteiger charge is 2.38. The first-order valence-electron chi connectivity index (χ1n) is 6.02. The first kappa shape index (κ1) is 12.7. The molecule has 0 saturated carbocycles. The first-order chi connectivity index (χ1) is 8.65. The van der Waals surface area contributed by atoms with E-state index >= 15 is 0 Å². The molecule has 6 nitrogen and oxygen atoms in total. The number of rotatable bonds is 1. The van der Waals surface area contributed by atoms with Crippen molar-refractivity contribution in [3.05, 3.63) is 11.6 Å². The van der Waals surface area contributed by atoms with Crippen molar-refractivity contribution in [1.29, 1.82) is 0 Å². The number of methoxy groups -OCH3 is 2. The summed E-state index contributed by atoms with van der Waals surface area (Å²) in [4.78, 5) is 24.4. The summed E-state index contributed by atoms with van der Waals surface area (Å²) < 4.78 is 9.35. The molecule has 1 heterocycles. The fourth-order valence-corrected chi connectivity index (χ4v) is 2.66. The number of allylic oxidation sites excluding steroid dienone is 1. The van der Waals surface area contributed by atoms with Crippen molar-refractivity contribution in [2.75, 3.05) is 27.3 Å². The van der Waals surface area contributed by atoms with E-state index < -0.39 is 6.09 Å². The molecule has 2 atom stereocenters. The Morgan fingerprint density at radius 3 is 2.83 bits per heavy atom. The maximum Gasteiger partial charge on any atom is 0.409 e. The van der Waals surface area contributed by atoms with E-state index in [4.69, 9.17) is 4.74 Å². The van der Waals surface area contributed by atoms with E-state index in [-0.39, 0.29) is 18.1 Å². The van der Waals surface area contributed by atoms with Gasteiger partial charge >= 0.3 is 12.2 Å². The molecule has 1 aliphatic heterocycles. The standard InChI is InChI=1S/C12H18N2O4/c1-17-11(15)13-10-5-3-4-8-6-14(7-9(8)10)12(16)18-2/h4,9-10H,3,5-7H2,1-2H3,(H,13,15). The van der Waals surface area contributed by atoms with Crippen LogP contribution in [0.1, 0.15) is 12.8 Å². The number of likely N-dealkylation sites (tertiary alicyclic amines) is 1. The van der Waals surface area contributed by atoms with Gasteiger partial charge in [0.15, 0.2) is 0 Å². The minimum Gasteiger partial charge on any atom is -0.453 e. The molecule has 6 heteroatoms. The van der Waals surface area contributed by atoms with E-state index in [2.05, 4.69) is 16.1 Å². The number of ether oxygens (including phenoxy) is 2. The van der Waals surface area contributed by atoms with Crippen LogP contribution in [0.2, 0.25) is 0 Å². The molecular weight excluding hydrogens is 236 g/mol. The SMILES string of the molecule is COC(=O)NC1CCC=C2CN(C(=O)OC)CC21. The van der Waals surface area contributed by atoms with Gasteiger partial charge in [0.1, 0.15) is 0 Å². The third-order valence-corrected chi connectivity index (χ3v) is 3.56. The average Bonchev–Trinajstić information content (AvgIpc) is 2.82. The lowest BCUT2D eigenvalue weighted by Crippen LogP contribution is -2.43. The molecular formula is C12H18N2O4. The molecule has 2 unspecified atom stereocenters. The summed E-state index contributed by atoms with van der Waals surface area (Å²) in [5.41, 5.74) is 1.20. The molecule has 100 valence electrons. The fourth-order valence-electron chi connectivity index (χ4n) is 2.66. The van der Waals surface area contributed by atoms with Gasteiger partial charge in [-0.25, -0.2) is 9.59 Å². The zero-order valence-electron chi connectivity index (χ0n) is 10.6. The van der Waals surface area contributed by atoms with E-state index in [9.17, 15) is 9.59 Å². The Balaban J connectivity index is 2.04. The maximum absolute atomic E-state index is 11.5. The van der Waals surface area contributed by atoms with Crippen molar-refractivity contribution < 1.29 is 19.1 Å². The summed E-state index contributed by atoms with van der Waals surface area (Å²) in [6, 6.07) is 0.0344. The number of hydrogen-bond acceptors (Lipinski definition) is 4. The molecule has 0 aromatic carbocycles. The Hall–Kier alpha value is -1.72. The molecule has 2 rings (SSSR count). The molecule has 1 N–H and O–H groups in total. The van der Waals surface area contributed by atoms with Gasteiger partial charge in [-0.2, -0.15) is 0 Å². The summed E-state index contributed by atoms with van der Waals surface area (Å²) in [6.07, 6.45) is 3.21. The third-order valence-electron chi connectivity index (χ3n) is 3.56. The van der Waals surface area contributed by atoms with Crippen molar-refractivity contribution in [1.82, 2.24) is 10.2 Å². The van der Waals surface area contributed by atoms with E-state index in [1.165, 1.54) is 19.8 Å². The zero-order chi connectivity index (χ0) is 13.1. The first-order valence-corrected chi connectivity index (χ1v) is 6.02. The lowest BCUT2D eigenvalue weighted by atomic mass is 9.85. The number of carbonyl (C=O) groups excluding carboxylic acids is 2. The number of amides is 2. The van der Waals surface area contributed by atoms with Crippen LogP contribution in [0.4, 0.5) is 9.59 Å². The lowest BCUT2D eigenvalue weighted by molar-refractivity contribution is 0.130. The lowest BCUT2D eigenvalue weighted by Gasteiger charge is -2.27.